The van der Waals surface area contributed by atoms with Gasteiger partial charge in [-0.05, 0) is 39.7 Å². The van der Waals surface area contributed by atoms with E-state index in [2.05, 4.69) is 52.1 Å². The van der Waals surface area contributed by atoms with Crippen LogP contribution in [0.5, 0.6) is 5.75 Å². The number of rotatable bonds is 7. The first kappa shape index (κ1) is 15.5. The second-order valence-corrected chi connectivity index (χ2v) is 5.53. The summed E-state index contributed by atoms with van der Waals surface area (Å²) in [6.45, 7) is 6.85. The van der Waals surface area contributed by atoms with Crippen molar-refractivity contribution in [1.29, 1.82) is 0 Å². The Labute approximate surface area is 119 Å². The van der Waals surface area contributed by atoms with E-state index in [4.69, 9.17) is 4.74 Å². The lowest BCUT2D eigenvalue weighted by Gasteiger charge is -2.19. The largest absolute Gasteiger partial charge is 0.492 e. The van der Waals surface area contributed by atoms with Gasteiger partial charge in [-0.25, -0.2) is 0 Å². The van der Waals surface area contributed by atoms with Crippen LogP contribution in [-0.4, -0.2) is 38.7 Å². The molecule has 0 aliphatic carbocycles. The molecule has 0 spiro atoms. The summed E-state index contributed by atoms with van der Waals surface area (Å²) in [5, 5.41) is 3.42. The maximum absolute atomic E-state index is 5.88. The van der Waals surface area contributed by atoms with E-state index in [1.54, 1.807) is 0 Å². The van der Waals surface area contributed by atoms with Crippen LogP contribution in [0.2, 0.25) is 0 Å². The zero-order valence-electron chi connectivity index (χ0n) is 11.7. The van der Waals surface area contributed by atoms with Gasteiger partial charge in [-0.3, -0.25) is 0 Å². The molecule has 18 heavy (non-hydrogen) atoms. The molecule has 0 saturated heterocycles. The summed E-state index contributed by atoms with van der Waals surface area (Å²) in [5.74, 6) is 0.958. The van der Waals surface area contributed by atoms with Crippen LogP contribution in [0.4, 0.5) is 0 Å². The highest BCUT2D eigenvalue weighted by Crippen LogP contribution is 2.28. The highest BCUT2D eigenvalue weighted by atomic mass is 79.9. The van der Waals surface area contributed by atoms with Crippen LogP contribution < -0.4 is 10.1 Å². The van der Waals surface area contributed by atoms with E-state index in [0.717, 1.165) is 23.3 Å². The minimum atomic E-state index is 0.303. The number of nitrogens with zero attached hydrogens (tertiary/aromatic N) is 1. The van der Waals surface area contributed by atoms with E-state index in [1.165, 1.54) is 5.56 Å². The normalized spacial score (nSPS) is 12.8. The lowest BCUT2D eigenvalue weighted by Crippen LogP contribution is -2.21. The fraction of sp³-hybridized carbons (Fsp3) is 0.571. The van der Waals surface area contributed by atoms with E-state index in [-0.39, 0.29) is 0 Å². The first-order chi connectivity index (χ1) is 8.54. The van der Waals surface area contributed by atoms with Crippen molar-refractivity contribution in [2.75, 3.05) is 33.8 Å². The van der Waals surface area contributed by atoms with Gasteiger partial charge in [-0.1, -0.05) is 28.9 Å². The number of benzene rings is 1. The van der Waals surface area contributed by atoms with Crippen LogP contribution in [0.15, 0.2) is 22.7 Å². The van der Waals surface area contributed by atoms with Crippen LogP contribution in [0.1, 0.15) is 25.5 Å². The Morgan fingerprint density at radius 3 is 2.72 bits per heavy atom. The average molecular weight is 315 g/mol. The summed E-state index contributed by atoms with van der Waals surface area (Å²) in [4.78, 5) is 2.12. The smallest absolute Gasteiger partial charge is 0.125 e. The van der Waals surface area contributed by atoms with Crippen molar-refractivity contribution in [2.45, 2.75) is 19.9 Å². The topological polar surface area (TPSA) is 24.5 Å². The minimum Gasteiger partial charge on any atom is -0.492 e. The maximum Gasteiger partial charge on any atom is 0.125 e. The standard InChI is InChI=1S/C14H23BrN2O/c1-5-16-11(2)13-7-6-12(15)10-14(13)18-9-8-17(3)4/h6-7,10-11,16H,5,8-9H2,1-4H3. The van der Waals surface area contributed by atoms with E-state index < -0.39 is 0 Å². The summed E-state index contributed by atoms with van der Waals surface area (Å²) in [5.41, 5.74) is 1.21. The van der Waals surface area contributed by atoms with Gasteiger partial charge in [0, 0.05) is 22.6 Å². The van der Waals surface area contributed by atoms with Gasteiger partial charge in [0.25, 0.3) is 0 Å². The Bertz CT molecular complexity index is 369. The monoisotopic (exact) mass is 314 g/mol. The van der Waals surface area contributed by atoms with E-state index >= 15 is 0 Å². The first-order valence-electron chi connectivity index (χ1n) is 6.35. The van der Waals surface area contributed by atoms with Crippen LogP contribution in [0.3, 0.4) is 0 Å². The molecule has 0 saturated carbocycles. The molecular weight excluding hydrogens is 292 g/mol. The second kappa shape index (κ2) is 7.77. The Balaban J connectivity index is 2.76. The Morgan fingerprint density at radius 1 is 1.39 bits per heavy atom. The third-order valence-corrected chi connectivity index (χ3v) is 3.24. The molecule has 0 bridgehead atoms. The second-order valence-electron chi connectivity index (χ2n) is 4.61. The molecule has 1 unspecified atom stereocenters. The molecule has 102 valence electrons. The molecular formula is C14H23BrN2O. The summed E-state index contributed by atoms with van der Waals surface area (Å²) < 4.78 is 6.94. The van der Waals surface area contributed by atoms with Crippen molar-refractivity contribution in [3.05, 3.63) is 28.2 Å². The quantitative estimate of drug-likeness (QED) is 0.837. The van der Waals surface area contributed by atoms with Gasteiger partial charge in [0.1, 0.15) is 12.4 Å². The number of hydrogen-bond donors (Lipinski definition) is 1. The summed E-state index contributed by atoms with van der Waals surface area (Å²) in [6.07, 6.45) is 0. The molecule has 0 fully saturated rings. The van der Waals surface area contributed by atoms with E-state index in [9.17, 15) is 0 Å². The molecule has 0 aliphatic rings. The Morgan fingerprint density at radius 2 is 2.11 bits per heavy atom. The fourth-order valence-electron chi connectivity index (χ4n) is 1.75. The van der Waals surface area contributed by atoms with E-state index in [0.29, 0.717) is 12.6 Å². The van der Waals surface area contributed by atoms with Crippen molar-refractivity contribution in [1.82, 2.24) is 10.2 Å². The molecule has 1 rings (SSSR count). The third kappa shape index (κ3) is 4.96. The van der Waals surface area contributed by atoms with Gasteiger partial charge >= 0.3 is 0 Å². The molecule has 1 aromatic carbocycles. The number of hydrogen-bond acceptors (Lipinski definition) is 3. The Kier molecular flexibility index (Phi) is 6.68. The summed E-state index contributed by atoms with van der Waals surface area (Å²) in [7, 11) is 4.10. The molecule has 0 aromatic heterocycles. The van der Waals surface area contributed by atoms with Crippen molar-refractivity contribution < 1.29 is 4.74 Å². The molecule has 0 radical (unpaired) electrons. The van der Waals surface area contributed by atoms with Crippen LogP contribution >= 0.6 is 15.9 Å². The zero-order chi connectivity index (χ0) is 13.5. The number of likely N-dealkylation sites (N-methyl/N-ethyl adjacent to an activating group) is 1. The highest BCUT2D eigenvalue weighted by molar-refractivity contribution is 9.10. The lowest BCUT2D eigenvalue weighted by atomic mass is 10.1. The molecule has 1 N–H and O–H groups in total. The lowest BCUT2D eigenvalue weighted by molar-refractivity contribution is 0.258. The Hall–Kier alpha value is -0.580. The van der Waals surface area contributed by atoms with Gasteiger partial charge in [0.15, 0.2) is 0 Å². The van der Waals surface area contributed by atoms with E-state index in [1.807, 2.05) is 20.2 Å². The van der Waals surface area contributed by atoms with Gasteiger partial charge in [0.2, 0.25) is 0 Å². The zero-order valence-corrected chi connectivity index (χ0v) is 13.3. The van der Waals surface area contributed by atoms with Crippen LogP contribution in [0, 0.1) is 0 Å². The fourth-order valence-corrected chi connectivity index (χ4v) is 2.09. The molecule has 4 heteroatoms. The van der Waals surface area contributed by atoms with Crippen LogP contribution in [0.25, 0.3) is 0 Å². The first-order valence-corrected chi connectivity index (χ1v) is 7.14. The third-order valence-electron chi connectivity index (χ3n) is 2.75. The van der Waals surface area contributed by atoms with Gasteiger partial charge < -0.3 is 15.0 Å². The number of nitrogens with one attached hydrogen (secondary N) is 1. The number of ether oxygens (including phenoxy) is 1. The highest BCUT2D eigenvalue weighted by Gasteiger charge is 2.11. The van der Waals surface area contributed by atoms with Crippen LogP contribution in [-0.2, 0) is 0 Å². The minimum absolute atomic E-state index is 0.303. The average Bonchev–Trinajstić information content (AvgIpc) is 2.29. The maximum atomic E-state index is 5.88. The van der Waals surface area contributed by atoms with Crippen molar-refractivity contribution in [3.63, 3.8) is 0 Å². The molecule has 0 aliphatic heterocycles. The van der Waals surface area contributed by atoms with Gasteiger partial charge in [-0.15, -0.1) is 0 Å². The molecule has 0 heterocycles. The predicted molar refractivity (Wildman–Crippen MR) is 80.3 cm³/mol. The molecule has 3 nitrogen and oxygen atoms in total. The molecule has 1 atom stereocenters. The van der Waals surface area contributed by atoms with Crippen molar-refractivity contribution in [3.8, 4) is 5.75 Å². The van der Waals surface area contributed by atoms with Gasteiger partial charge in [-0.2, -0.15) is 0 Å². The summed E-state index contributed by atoms with van der Waals surface area (Å²) >= 11 is 3.49. The van der Waals surface area contributed by atoms with Crippen molar-refractivity contribution in [2.24, 2.45) is 0 Å². The number of halogens is 1. The summed E-state index contributed by atoms with van der Waals surface area (Å²) in [6, 6.07) is 6.51. The van der Waals surface area contributed by atoms with Crippen molar-refractivity contribution >= 4 is 15.9 Å². The predicted octanol–water partition coefficient (Wildman–Crippen LogP) is 3.06. The molecule has 1 aromatic rings. The molecule has 0 amide bonds. The SMILES string of the molecule is CCNC(C)c1ccc(Br)cc1OCCN(C)C. The van der Waals surface area contributed by atoms with Gasteiger partial charge in [0.05, 0.1) is 0 Å².